The van der Waals surface area contributed by atoms with E-state index >= 15 is 0 Å². The van der Waals surface area contributed by atoms with Crippen molar-refractivity contribution in [2.24, 2.45) is 0 Å². The highest BCUT2D eigenvalue weighted by Gasteiger charge is 2.27. The molecule has 1 fully saturated rings. The van der Waals surface area contributed by atoms with Gasteiger partial charge in [0.05, 0.1) is 25.9 Å². The average Bonchev–Trinajstić information content (AvgIpc) is 2.61. The lowest BCUT2D eigenvalue weighted by Crippen LogP contribution is -2.39. The lowest BCUT2D eigenvalue weighted by Gasteiger charge is -2.30. The van der Waals surface area contributed by atoms with Crippen molar-refractivity contribution in [1.82, 2.24) is 5.32 Å². The van der Waals surface area contributed by atoms with E-state index in [1.807, 2.05) is 20.9 Å². The van der Waals surface area contributed by atoms with Crippen molar-refractivity contribution in [3.8, 4) is 0 Å². The summed E-state index contributed by atoms with van der Waals surface area (Å²) in [5, 5.41) is 3.28. The van der Waals surface area contributed by atoms with E-state index in [1.165, 1.54) is 0 Å². The van der Waals surface area contributed by atoms with Gasteiger partial charge in [-0.2, -0.15) is 0 Å². The van der Waals surface area contributed by atoms with Crippen LogP contribution in [0.5, 0.6) is 0 Å². The van der Waals surface area contributed by atoms with Crippen molar-refractivity contribution >= 4 is 0 Å². The Labute approximate surface area is 95.9 Å². The van der Waals surface area contributed by atoms with E-state index in [1.54, 1.807) is 0 Å². The summed E-state index contributed by atoms with van der Waals surface area (Å²) in [5.41, 5.74) is 1.16. The van der Waals surface area contributed by atoms with E-state index < -0.39 is 0 Å². The second kappa shape index (κ2) is 4.99. The fourth-order valence-corrected chi connectivity index (χ4v) is 2.20. The molecule has 1 aromatic rings. The molecule has 0 radical (unpaired) electrons. The molecule has 2 unspecified atom stereocenters. The van der Waals surface area contributed by atoms with E-state index in [0.717, 1.165) is 17.1 Å². The predicted molar refractivity (Wildman–Crippen MR) is 60.5 cm³/mol. The Bertz CT molecular complexity index is 342. The highest BCUT2D eigenvalue weighted by Crippen LogP contribution is 2.26. The van der Waals surface area contributed by atoms with Crippen LogP contribution in [-0.2, 0) is 9.47 Å². The predicted octanol–water partition coefficient (Wildman–Crippen LogP) is 1.57. The van der Waals surface area contributed by atoms with Crippen LogP contribution in [0.2, 0.25) is 0 Å². The highest BCUT2D eigenvalue weighted by molar-refractivity contribution is 5.25. The van der Waals surface area contributed by atoms with Crippen molar-refractivity contribution < 1.29 is 13.9 Å². The first-order valence-electron chi connectivity index (χ1n) is 5.66. The van der Waals surface area contributed by atoms with Gasteiger partial charge in [0.1, 0.15) is 17.6 Å². The highest BCUT2D eigenvalue weighted by atomic mass is 16.6. The number of ether oxygens (including phenoxy) is 2. The number of rotatable bonds is 3. The van der Waals surface area contributed by atoms with Gasteiger partial charge in [0.25, 0.3) is 0 Å². The van der Waals surface area contributed by atoms with Gasteiger partial charge >= 0.3 is 0 Å². The van der Waals surface area contributed by atoms with Crippen LogP contribution in [0.4, 0.5) is 0 Å². The fourth-order valence-electron chi connectivity index (χ4n) is 2.20. The lowest BCUT2D eigenvalue weighted by atomic mass is 10.0. The smallest absolute Gasteiger partial charge is 0.105 e. The van der Waals surface area contributed by atoms with Crippen LogP contribution < -0.4 is 5.32 Å². The first-order chi connectivity index (χ1) is 7.72. The monoisotopic (exact) mass is 225 g/mol. The Morgan fingerprint density at radius 1 is 1.38 bits per heavy atom. The number of furan rings is 1. The maximum absolute atomic E-state index is 5.72. The van der Waals surface area contributed by atoms with Crippen molar-refractivity contribution in [2.75, 3.05) is 26.9 Å². The van der Waals surface area contributed by atoms with Crippen LogP contribution in [-0.4, -0.2) is 33.0 Å². The maximum atomic E-state index is 5.72. The van der Waals surface area contributed by atoms with Crippen molar-refractivity contribution in [3.05, 3.63) is 23.2 Å². The molecule has 16 heavy (non-hydrogen) atoms. The summed E-state index contributed by atoms with van der Waals surface area (Å²) in [4.78, 5) is 0. The molecule has 2 rings (SSSR count). The normalized spacial score (nSPS) is 23.3. The molecule has 4 heteroatoms. The van der Waals surface area contributed by atoms with Gasteiger partial charge in [-0.15, -0.1) is 0 Å². The first kappa shape index (κ1) is 11.6. The number of aryl methyl sites for hydroxylation is 2. The molecule has 0 aromatic carbocycles. The third kappa shape index (κ3) is 2.29. The lowest BCUT2D eigenvalue weighted by molar-refractivity contribution is -0.101. The van der Waals surface area contributed by atoms with Crippen molar-refractivity contribution in [1.29, 1.82) is 0 Å². The van der Waals surface area contributed by atoms with Gasteiger partial charge in [0.15, 0.2) is 0 Å². The minimum atomic E-state index is 0.0643. The fraction of sp³-hybridized carbons (Fsp3) is 0.667. The molecular formula is C12H19NO3. The summed E-state index contributed by atoms with van der Waals surface area (Å²) < 4.78 is 16.7. The Balaban J connectivity index is 2.17. The molecule has 4 nitrogen and oxygen atoms in total. The van der Waals surface area contributed by atoms with Gasteiger partial charge < -0.3 is 19.2 Å². The number of likely N-dealkylation sites (N-methyl/N-ethyl adjacent to an activating group) is 1. The zero-order chi connectivity index (χ0) is 11.5. The van der Waals surface area contributed by atoms with Gasteiger partial charge in [-0.05, 0) is 27.0 Å². The number of hydrogen-bond donors (Lipinski definition) is 1. The molecule has 1 aromatic heterocycles. The van der Waals surface area contributed by atoms with Crippen LogP contribution in [0.1, 0.15) is 23.1 Å². The zero-order valence-electron chi connectivity index (χ0n) is 10.1. The third-order valence-corrected chi connectivity index (χ3v) is 2.94. The van der Waals surface area contributed by atoms with E-state index in [2.05, 4.69) is 11.4 Å². The second-order valence-electron chi connectivity index (χ2n) is 4.12. The summed E-state index contributed by atoms with van der Waals surface area (Å²) in [6, 6.07) is 2.20. The standard InChI is InChI=1S/C12H19NO3/c1-8-6-10(9(2)16-8)12(13-3)11-7-14-4-5-15-11/h6,11-13H,4-5,7H2,1-3H3. The van der Waals surface area contributed by atoms with Crippen LogP contribution in [0.15, 0.2) is 10.5 Å². The third-order valence-electron chi connectivity index (χ3n) is 2.94. The van der Waals surface area contributed by atoms with Gasteiger partial charge in [0, 0.05) is 5.56 Å². The molecule has 0 bridgehead atoms. The minimum absolute atomic E-state index is 0.0643. The topological polar surface area (TPSA) is 43.6 Å². The molecule has 1 aliphatic rings. The maximum Gasteiger partial charge on any atom is 0.105 e. The molecule has 1 saturated heterocycles. The Kier molecular flexibility index (Phi) is 3.63. The SMILES string of the molecule is CNC(c1cc(C)oc1C)C1COCCO1. The van der Waals surface area contributed by atoms with E-state index in [0.29, 0.717) is 19.8 Å². The van der Waals surface area contributed by atoms with E-state index in [-0.39, 0.29) is 12.1 Å². The molecule has 1 N–H and O–H groups in total. The summed E-state index contributed by atoms with van der Waals surface area (Å²) >= 11 is 0. The zero-order valence-corrected chi connectivity index (χ0v) is 10.1. The largest absolute Gasteiger partial charge is 0.466 e. The van der Waals surface area contributed by atoms with Crippen LogP contribution >= 0.6 is 0 Å². The molecule has 2 heterocycles. The molecule has 0 aliphatic carbocycles. The van der Waals surface area contributed by atoms with Gasteiger partial charge in [-0.25, -0.2) is 0 Å². The van der Waals surface area contributed by atoms with Crippen LogP contribution in [0, 0.1) is 13.8 Å². The molecular weight excluding hydrogens is 206 g/mol. The summed E-state index contributed by atoms with van der Waals surface area (Å²) in [7, 11) is 1.93. The summed E-state index contributed by atoms with van der Waals surface area (Å²) in [5.74, 6) is 1.88. The van der Waals surface area contributed by atoms with Crippen LogP contribution in [0.25, 0.3) is 0 Å². The van der Waals surface area contributed by atoms with Gasteiger partial charge in [-0.1, -0.05) is 0 Å². The number of hydrogen-bond acceptors (Lipinski definition) is 4. The molecule has 2 atom stereocenters. The molecule has 0 saturated carbocycles. The first-order valence-corrected chi connectivity index (χ1v) is 5.66. The second-order valence-corrected chi connectivity index (χ2v) is 4.12. The Morgan fingerprint density at radius 2 is 2.19 bits per heavy atom. The molecule has 0 spiro atoms. The van der Waals surface area contributed by atoms with Crippen molar-refractivity contribution in [2.45, 2.75) is 26.0 Å². The number of nitrogens with one attached hydrogen (secondary N) is 1. The summed E-state index contributed by atoms with van der Waals surface area (Å²) in [6.45, 7) is 5.93. The van der Waals surface area contributed by atoms with E-state index in [4.69, 9.17) is 13.9 Å². The summed E-state index contributed by atoms with van der Waals surface area (Å²) in [6.07, 6.45) is 0.0643. The van der Waals surface area contributed by atoms with Gasteiger partial charge in [-0.3, -0.25) is 0 Å². The Morgan fingerprint density at radius 3 is 2.69 bits per heavy atom. The molecule has 0 amide bonds. The average molecular weight is 225 g/mol. The molecule has 1 aliphatic heterocycles. The quantitative estimate of drug-likeness (QED) is 0.848. The van der Waals surface area contributed by atoms with Gasteiger partial charge in [0.2, 0.25) is 0 Å². The van der Waals surface area contributed by atoms with E-state index in [9.17, 15) is 0 Å². The molecule has 90 valence electrons. The minimum Gasteiger partial charge on any atom is -0.466 e. The van der Waals surface area contributed by atoms with Crippen LogP contribution in [0.3, 0.4) is 0 Å². The Hall–Kier alpha value is -0.840. The van der Waals surface area contributed by atoms with Crippen molar-refractivity contribution in [3.63, 3.8) is 0 Å².